The minimum absolute atomic E-state index is 0.227. The Morgan fingerprint density at radius 2 is 1.88 bits per heavy atom. The quantitative estimate of drug-likeness (QED) is 0.598. The molecule has 1 saturated heterocycles. The topological polar surface area (TPSA) is 79.5 Å². The van der Waals surface area contributed by atoms with E-state index < -0.39 is 0 Å². The molecule has 1 aliphatic carbocycles. The highest BCUT2D eigenvalue weighted by Gasteiger charge is 2.21. The van der Waals surface area contributed by atoms with Crippen LogP contribution in [0.25, 0.3) is 6.08 Å². The van der Waals surface area contributed by atoms with Crippen LogP contribution in [-0.2, 0) is 6.42 Å². The number of anilines is 3. The summed E-state index contributed by atoms with van der Waals surface area (Å²) in [6.07, 6.45) is 3.02. The first-order chi connectivity index (χ1) is 15.4. The molecular weight excluding hydrogens is 428 g/mol. The van der Waals surface area contributed by atoms with Crippen molar-refractivity contribution in [1.29, 1.82) is 0 Å². The maximum Gasteiger partial charge on any atom is 0.325 e. The third kappa shape index (κ3) is 4.28. The van der Waals surface area contributed by atoms with Crippen molar-refractivity contribution in [3.63, 3.8) is 0 Å². The molecular formula is C23H25ClN6O2. The molecule has 3 aromatic rings. The van der Waals surface area contributed by atoms with E-state index in [2.05, 4.69) is 45.3 Å². The number of aryl methyl sites for hydroxylation is 1. The zero-order valence-corrected chi connectivity index (χ0v) is 19.1. The number of ether oxygens (including phenoxy) is 1. The molecule has 0 bridgehead atoms. The predicted molar refractivity (Wildman–Crippen MR) is 125 cm³/mol. The van der Waals surface area contributed by atoms with E-state index in [1.807, 2.05) is 31.2 Å². The zero-order chi connectivity index (χ0) is 22.2. The molecule has 32 heavy (non-hydrogen) atoms. The third-order valence-corrected chi connectivity index (χ3v) is 6.09. The van der Waals surface area contributed by atoms with Gasteiger partial charge in [-0.05, 0) is 38.9 Å². The van der Waals surface area contributed by atoms with E-state index in [9.17, 15) is 0 Å². The van der Waals surface area contributed by atoms with Gasteiger partial charge in [0.1, 0.15) is 23.1 Å². The normalized spacial score (nSPS) is 16.1. The van der Waals surface area contributed by atoms with Gasteiger partial charge in [0.15, 0.2) is 5.82 Å². The van der Waals surface area contributed by atoms with Gasteiger partial charge in [0, 0.05) is 43.9 Å². The summed E-state index contributed by atoms with van der Waals surface area (Å²) in [6.45, 7) is 7.62. The Labute approximate surface area is 191 Å². The fourth-order valence-corrected chi connectivity index (χ4v) is 4.25. The molecule has 0 amide bonds. The number of fused-ring (bicyclic) bond motifs is 1. The van der Waals surface area contributed by atoms with Crippen LogP contribution in [0.2, 0.25) is 5.02 Å². The molecule has 0 saturated carbocycles. The maximum atomic E-state index is 6.67. The first kappa shape index (κ1) is 20.8. The summed E-state index contributed by atoms with van der Waals surface area (Å²) in [6, 6.07) is 7.87. The Morgan fingerprint density at radius 3 is 2.62 bits per heavy atom. The van der Waals surface area contributed by atoms with Crippen molar-refractivity contribution in [2.45, 2.75) is 20.3 Å². The Kier molecular flexibility index (Phi) is 5.48. The van der Waals surface area contributed by atoms with Crippen LogP contribution in [0, 0.1) is 6.92 Å². The molecule has 0 spiro atoms. The van der Waals surface area contributed by atoms with E-state index in [0.29, 0.717) is 28.2 Å². The highest BCUT2D eigenvalue weighted by molar-refractivity contribution is 6.33. The molecule has 9 heteroatoms. The van der Waals surface area contributed by atoms with Gasteiger partial charge in [0.05, 0.1) is 5.02 Å². The monoisotopic (exact) mass is 452 g/mol. The smallest absolute Gasteiger partial charge is 0.325 e. The third-order valence-electron chi connectivity index (χ3n) is 5.70. The van der Waals surface area contributed by atoms with Crippen LogP contribution in [0.3, 0.4) is 0 Å². The van der Waals surface area contributed by atoms with E-state index in [4.69, 9.17) is 25.8 Å². The lowest BCUT2D eigenvalue weighted by Crippen LogP contribution is -2.44. The lowest BCUT2D eigenvalue weighted by Gasteiger charge is -2.33. The van der Waals surface area contributed by atoms with Crippen LogP contribution >= 0.6 is 11.6 Å². The van der Waals surface area contributed by atoms with E-state index in [1.165, 1.54) is 11.1 Å². The Hall–Kier alpha value is -3.10. The summed E-state index contributed by atoms with van der Waals surface area (Å²) in [4.78, 5) is 13.8. The average molecular weight is 453 g/mol. The Bertz CT molecular complexity index is 1180. The number of aromatic nitrogens is 3. The summed E-state index contributed by atoms with van der Waals surface area (Å²) in [5.74, 6) is 3.19. The van der Waals surface area contributed by atoms with Crippen molar-refractivity contribution in [3.05, 3.63) is 51.7 Å². The molecule has 8 nitrogen and oxygen atoms in total. The van der Waals surface area contributed by atoms with Gasteiger partial charge in [0.2, 0.25) is 0 Å². The number of piperazine rings is 1. The molecule has 1 aromatic carbocycles. The number of rotatable bonds is 5. The van der Waals surface area contributed by atoms with Gasteiger partial charge in [-0.1, -0.05) is 34.5 Å². The number of nitrogens with zero attached hydrogens (tertiary/aromatic N) is 5. The number of nitrogens with one attached hydrogen (secondary N) is 1. The summed E-state index contributed by atoms with van der Waals surface area (Å²) >= 11 is 6.67. The van der Waals surface area contributed by atoms with Gasteiger partial charge in [-0.3, -0.25) is 0 Å². The van der Waals surface area contributed by atoms with E-state index >= 15 is 0 Å². The van der Waals surface area contributed by atoms with E-state index in [0.717, 1.165) is 44.0 Å². The molecule has 166 valence electrons. The molecule has 0 unspecified atom stereocenters. The van der Waals surface area contributed by atoms with E-state index in [1.54, 1.807) is 0 Å². The number of hydrogen-bond donors (Lipinski definition) is 1. The molecule has 0 atom stereocenters. The van der Waals surface area contributed by atoms with Gasteiger partial charge >= 0.3 is 6.01 Å². The first-order valence-electron chi connectivity index (χ1n) is 10.6. The highest BCUT2D eigenvalue weighted by Crippen LogP contribution is 2.38. The Balaban J connectivity index is 1.47. The molecule has 3 heterocycles. The van der Waals surface area contributed by atoms with Crippen LogP contribution in [0.5, 0.6) is 11.8 Å². The minimum Gasteiger partial charge on any atom is -0.423 e. The van der Waals surface area contributed by atoms with Gasteiger partial charge in [-0.25, -0.2) is 0 Å². The zero-order valence-electron chi connectivity index (χ0n) is 18.4. The highest BCUT2D eigenvalue weighted by atomic mass is 35.5. The first-order valence-corrected chi connectivity index (χ1v) is 11.0. The van der Waals surface area contributed by atoms with Crippen molar-refractivity contribution in [2.24, 2.45) is 0 Å². The van der Waals surface area contributed by atoms with Crippen molar-refractivity contribution in [3.8, 4) is 11.8 Å². The number of benzene rings is 1. The molecule has 5 rings (SSSR count). The van der Waals surface area contributed by atoms with Gasteiger partial charge in [0.25, 0.3) is 0 Å². The average Bonchev–Trinajstić information content (AvgIpc) is 3.35. The van der Waals surface area contributed by atoms with Crippen LogP contribution < -0.4 is 15.0 Å². The summed E-state index contributed by atoms with van der Waals surface area (Å²) < 4.78 is 11.3. The van der Waals surface area contributed by atoms with Crippen molar-refractivity contribution >= 4 is 35.1 Å². The predicted octanol–water partition coefficient (Wildman–Crippen LogP) is 4.67. The molecule has 2 aliphatic rings. The summed E-state index contributed by atoms with van der Waals surface area (Å²) in [7, 11) is 2.12. The van der Waals surface area contributed by atoms with Crippen LogP contribution in [0.15, 0.2) is 34.4 Å². The van der Waals surface area contributed by atoms with Gasteiger partial charge in [-0.15, -0.1) is 0 Å². The Morgan fingerprint density at radius 1 is 1.06 bits per heavy atom. The fourth-order valence-electron chi connectivity index (χ4n) is 3.97. The van der Waals surface area contributed by atoms with Gasteiger partial charge < -0.3 is 24.4 Å². The number of allylic oxidation sites excluding steroid dienone is 1. The number of halogens is 1. The maximum absolute atomic E-state index is 6.67. The second kappa shape index (κ2) is 8.44. The molecule has 2 aromatic heterocycles. The second-order valence-electron chi connectivity index (χ2n) is 8.35. The van der Waals surface area contributed by atoms with Crippen LogP contribution in [0.4, 0.5) is 17.5 Å². The second-order valence-corrected chi connectivity index (χ2v) is 8.73. The number of likely N-dealkylation sites (N-methyl/N-ethyl adjacent to an activating group) is 1. The van der Waals surface area contributed by atoms with Crippen LogP contribution in [0.1, 0.15) is 23.8 Å². The SMILES string of the molecule is CC1=Cc2c(ccc(Oc3nc(Nc4cc(C)on4)cc(N4CCN(C)CC4)n3)c2Cl)C1. The largest absolute Gasteiger partial charge is 0.423 e. The van der Waals surface area contributed by atoms with Crippen molar-refractivity contribution < 1.29 is 9.26 Å². The summed E-state index contributed by atoms with van der Waals surface area (Å²) in [5, 5.41) is 7.77. The molecule has 1 fully saturated rings. The minimum atomic E-state index is 0.227. The van der Waals surface area contributed by atoms with Crippen molar-refractivity contribution in [2.75, 3.05) is 43.4 Å². The van der Waals surface area contributed by atoms with Crippen LogP contribution in [-0.4, -0.2) is 53.3 Å². The fraction of sp³-hybridized carbons (Fsp3) is 0.348. The molecule has 0 radical (unpaired) electrons. The lowest BCUT2D eigenvalue weighted by atomic mass is 10.1. The molecule has 1 N–H and O–H groups in total. The van der Waals surface area contributed by atoms with Gasteiger partial charge in [-0.2, -0.15) is 9.97 Å². The summed E-state index contributed by atoms with van der Waals surface area (Å²) in [5.41, 5.74) is 3.49. The van der Waals surface area contributed by atoms with Crippen molar-refractivity contribution in [1.82, 2.24) is 20.0 Å². The standard InChI is InChI=1S/C23H25ClN6O2/c1-14-10-16-4-5-18(22(24)17(16)11-14)31-23-26-19(25-20-12-15(2)32-28-20)13-21(27-23)30-8-6-29(3)7-9-30/h4-5,11-13H,6-10H2,1-3H3,(H,25,26,27,28). The lowest BCUT2D eigenvalue weighted by molar-refractivity contribution is 0.311. The molecule has 1 aliphatic heterocycles. The number of hydrogen-bond acceptors (Lipinski definition) is 8. The van der Waals surface area contributed by atoms with E-state index in [-0.39, 0.29) is 6.01 Å².